The summed E-state index contributed by atoms with van der Waals surface area (Å²) in [7, 11) is 0. The molecule has 0 atom stereocenters. The highest BCUT2D eigenvalue weighted by Crippen LogP contribution is 2.32. The Balaban J connectivity index is 1.76. The third-order valence-corrected chi connectivity index (χ3v) is 4.00. The molecule has 0 bridgehead atoms. The summed E-state index contributed by atoms with van der Waals surface area (Å²) in [5.74, 6) is -2.44. The van der Waals surface area contributed by atoms with E-state index in [-0.39, 0.29) is 23.8 Å². The third-order valence-electron chi connectivity index (χ3n) is 4.00. The highest BCUT2D eigenvalue weighted by Gasteiger charge is 2.34. The fourth-order valence-electron chi connectivity index (χ4n) is 2.52. The molecular formula is C18H12F7N3O2. The molecule has 12 heteroatoms. The fourth-order valence-corrected chi connectivity index (χ4v) is 2.52. The third kappa shape index (κ3) is 4.63. The molecule has 0 unspecified atom stereocenters. The Morgan fingerprint density at radius 1 is 1.07 bits per heavy atom. The second-order valence-corrected chi connectivity index (χ2v) is 6.24. The van der Waals surface area contributed by atoms with Crippen molar-refractivity contribution in [1.82, 2.24) is 9.78 Å². The van der Waals surface area contributed by atoms with Gasteiger partial charge in [0, 0.05) is 5.69 Å². The minimum absolute atomic E-state index is 0.0598. The lowest BCUT2D eigenvalue weighted by atomic mass is 10.2. The standard InChI is InChI=1S/C18H12F7N3O2/c1-9-6-15(18(23,24)25)27-28(9)8-11-3-5-14(30-11)16(29)26-13-7-10(17(20,21)22)2-4-12(13)19/h2-7H,8H2,1H3,(H,26,29). The van der Waals surface area contributed by atoms with Gasteiger partial charge in [-0.2, -0.15) is 31.4 Å². The van der Waals surface area contributed by atoms with Crippen LogP contribution in [-0.4, -0.2) is 15.7 Å². The number of rotatable bonds is 4. The summed E-state index contributed by atoms with van der Waals surface area (Å²) >= 11 is 0. The molecule has 0 saturated carbocycles. The van der Waals surface area contributed by atoms with Gasteiger partial charge < -0.3 is 9.73 Å². The molecule has 0 saturated heterocycles. The topological polar surface area (TPSA) is 60.1 Å². The number of aryl methyl sites for hydroxylation is 1. The lowest BCUT2D eigenvalue weighted by Gasteiger charge is -2.10. The predicted molar refractivity (Wildman–Crippen MR) is 89.1 cm³/mol. The molecule has 2 aromatic heterocycles. The van der Waals surface area contributed by atoms with Gasteiger partial charge in [0.1, 0.15) is 11.6 Å². The van der Waals surface area contributed by atoms with Crippen LogP contribution in [0.4, 0.5) is 36.4 Å². The first-order chi connectivity index (χ1) is 13.8. The van der Waals surface area contributed by atoms with E-state index >= 15 is 0 Å². The number of benzene rings is 1. The van der Waals surface area contributed by atoms with E-state index in [4.69, 9.17) is 4.42 Å². The van der Waals surface area contributed by atoms with Crippen LogP contribution in [0, 0.1) is 12.7 Å². The van der Waals surface area contributed by atoms with Crippen LogP contribution in [0.3, 0.4) is 0 Å². The van der Waals surface area contributed by atoms with E-state index in [0.29, 0.717) is 18.2 Å². The quantitative estimate of drug-likeness (QED) is 0.569. The van der Waals surface area contributed by atoms with Gasteiger partial charge in [-0.3, -0.25) is 9.48 Å². The molecule has 0 aliphatic rings. The van der Waals surface area contributed by atoms with Crippen molar-refractivity contribution in [1.29, 1.82) is 0 Å². The van der Waals surface area contributed by atoms with Crippen LogP contribution < -0.4 is 5.32 Å². The normalized spacial score (nSPS) is 12.3. The first-order valence-corrected chi connectivity index (χ1v) is 8.23. The van der Waals surface area contributed by atoms with Gasteiger partial charge in [0.05, 0.1) is 17.8 Å². The molecule has 0 fully saturated rings. The van der Waals surface area contributed by atoms with Crippen molar-refractivity contribution >= 4 is 11.6 Å². The van der Waals surface area contributed by atoms with Gasteiger partial charge in [-0.15, -0.1) is 0 Å². The number of amides is 1. The molecule has 0 aliphatic carbocycles. The van der Waals surface area contributed by atoms with Crippen molar-refractivity contribution in [3.8, 4) is 0 Å². The summed E-state index contributed by atoms with van der Waals surface area (Å²) in [4.78, 5) is 12.2. The summed E-state index contributed by atoms with van der Waals surface area (Å²) in [5.41, 5.74) is -2.76. The highest BCUT2D eigenvalue weighted by atomic mass is 19.4. The van der Waals surface area contributed by atoms with E-state index in [2.05, 4.69) is 5.10 Å². The molecule has 3 rings (SSSR count). The average molecular weight is 435 g/mol. The Hall–Kier alpha value is -3.31. The SMILES string of the molecule is Cc1cc(C(F)(F)F)nn1Cc1ccc(C(=O)Nc2cc(C(F)(F)F)ccc2F)o1. The molecule has 1 N–H and O–H groups in total. The van der Waals surface area contributed by atoms with Crippen LogP contribution in [0.15, 0.2) is 40.8 Å². The molecule has 30 heavy (non-hydrogen) atoms. The lowest BCUT2D eigenvalue weighted by Crippen LogP contribution is -2.14. The van der Waals surface area contributed by atoms with Gasteiger partial charge in [-0.05, 0) is 43.3 Å². The zero-order valence-corrected chi connectivity index (χ0v) is 15.0. The van der Waals surface area contributed by atoms with E-state index < -0.39 is 41.0 Å². The number of anilines is 1. The first-order valence-electron chi connectivity index (χ1n) is 8.23. The number of hydrogen-bond acceptors (Lipinski definition) is 3. The maximum atomic E-state index is 13.8. The fraction of sp³-hybridized carbons (Fsp3) is 0.222. The molecule has 0 spiro atoms. The average Bonchev–Trinajstić information content (AvgIpc) is 3.23. The van der Waals surface area contributed by atoms with E-state index in [9.17, 15) is 35.5 Å². The second-order valence-electron chi connectivity index (χ2n) is 6.24. The van der Waals surface area contributed by atoms with Gasteiger partial charge in [-0.1, -0.05) is 0 Å². The minimum Gasteiger partial charge on any atom is -0.454 e. The van der Waals surface area contributed by atoms with Gasteiger partial charge in [-0.25, -0.2) is 4.39 Å². The van der Waals surface area contributed by atoms with Crippen LogP contribution in [0.25, 0.3) is 0 Å². The lowest BCUT2D eigenvalue weighted by molar-refractivity contribution is -0.141. The highest BCUT2D eigenvalue weighted by molar-refractivity contribution is 6.02. The van der Waals surface area contributed by atoms with Crippen molar-refractivity contribution in [2.24, 2.45) is 0 Å². The van der Waals surface area contributed by atoms with Crippen LogP contribution in [0.1, 0.15) is 33.3 Å². The van der Waals surface area contributed by atoms with Gasteiger partial charge >= 0.3 is 12.4 Å². The maximum absolute atomic E-state index is 13.8. The Kier molecular flexibility index (Phi) is 5.35. The van der Waals surface area contributed by atoms with E-state index in [1.165, 1.54) is 13.0 Å². The zero-order valence-electron chi connectivity index (χ0n) is 15.0. The Labute approximate surface area is 164 Å². The van der Waals surface area contributed by atoms with Crippen LogP contribution >= 0.6 is 0 Å². The summed E-state index contributed by atoms with van der Waals surface area (Å²) in [6, 6.07) is 4.80. The van der Waals surface area contributed by atoms with Crippen LogP contribution in [0.2, 0.25) is 0 Å². The van der Waals surface area contributed by atoms with Crippen molar-refractivity contribution in [2.45, 2.75) is 25.8 Å². The number of nitrogens with one attached hydrogen (secondary N) is 1. The maximum Gasteiger partial charge on any atom is 0.435 e. The molecule has 1 amide bonds. The number of alkyl halides is 6. The molecule has 5 nitrogen and oxygen atoms in total. The van der Waals surface area contributed by atoms with Gasteiger partial charge in [0.15, 0.2) is 11.5 Å². The van der Waals surface area contributed by atoms with Gasteiger partial charge in [0.25, 0.3) is 5.91 Å². The first kappa shape index (κ1) is 21.4. The monoisotopic (exact) mass is 435 g/mol. The number of halogens is 7. The largest absolute Gasteiger partial charge is 0.454 e. The van der Waals surface area contributed by atoms with E-state index in [1.807, 2.05) is 5.32 Å². The van der Waals surface area contributed by atoms with E-state index in [1.54, 1.807) is 0 Å². The van der Waals surface area contributed by atoms with E-state index in [0.717, 1.165) is 16.8 Å². The minimum atomic E-state index is -4.73. The summed E-state index contributed by atoms with van der Waals surface area (Å²) in [5, 5.41) is 5.39. The van der Waals surface area contributed by atoms with Crippen molar-refractivity contribution < 1.29 is 39.9 Å². The predicted octanol–water partition coefficient (Wildman–Crippen LogP) is 5.26. The Morgan fingerprint density at radius 2 is 1.77 bits per heavy atom. The smallest absolute Gasteiger partial charge is 0.435 e. The number of carbonyl (C=O) groups is 1. The van der Waals surface area contributed by atoms with Crippen LogP contribution in [0.5, 0.6) is 0 Å². The Bertz CT molecular complexity index is 1080. The molecule has 3 aromatic rings. The number of carbonyl (C=O) groups excluding carboxylic acids is 1. The van der Waals surface area contributed by atoms with Crippen LogP contribution in [-0.2, 0) is 18.9 Å². The van der Waals surface area contributed by atoms with Crippen molar-refractivity contribution in [3.05, 3.63) is 70.7 Å². The summed E-state index contributed by atoms with van der Waals surface area (Å²) < 4.78 is 96.4. The number of aromatic nitrogens is 2. The van der Waals surface area contributed by atoms with Gasteiger partial charge in [0.2, 0.25) is 0 Å². The van der Waals surface area contributed by atoms with Crippen molar-refractivity contribution in [2.75, 3.05) is 5.32 Å². The summed E-state index contributed by atoms with van der Waals surface area (Å²) in [6.07, 6.45) is -9.36. The zero-order chi connectivity index (χ0) is 22.3. The number of nitrogens with zero attached hydrogens (tertiary/aromatic N) is 2. The summed E-state index contributed by atoms with van der Waals surface area (Å²) in [6.45, 7) is 1.17. The molecule has 1 aromatic carbocycles. The molecule has 0 aliphatic heterocycles. The number of hydrogen-bond donors (Lipinski definition) is 1. The molecular weight excluding hydrogens is 423 g/mol. The molecule has 2 heterocycles. The second kappa shape index (κ2) is 7.50. The van der Waals surface area contributed by atoms with Crippen molar-refractivity contribution in [3.63, 3.8) is 0 Å². The number of furan rings is 1. The Morgan fingerprint density at radius 3 is 2.37 bits per heavy atom. The molecule has 160 valence electrons. The molecule has 0 radical (unpaired) electrons.